The van der Waals surface area contributed by atoms with Gasteiger partial charge in [0.1, 0.15) is 29.7 Å². The average Bonchev–Trinajstić information content (AvgIpc) is 3.88. The summed E-state index contributed by atoms with van der Waals surface area (Å²) in [6.07, 6.45) is -1.86. The molecule has 4 aliphatic rings. The number of alkyl carbamates (subject to hydrolysis) is 2. The number of aliphatic hydroxyl groups is 1. The molecule has 19 heteroatoms. The van der Waals surface area contributed by atoms with Gasteiger partial charge in [0.05, 0.1) is 43.2 Å². The third kappa shape index (κ3) is 10.5. The van der Waals surface area contributed by atoms with Gasteiger partial charge in [-0.25, -0.2) is 19.3 Å². The SMILES string of the molecule is CC[C@H]1OC(=O)[C@H](C)[C@H]2OCC(NC(=O)Cc3ccc(-n4cccn4)nc3)CNC(=O)O[C@](C)(C[C@@H](C)C(=O)[C@H](C)[C@@H]3NC(=O)O[C@]13C)[C@H](O[C@@H]1O[C@H](C)C[C@H](N(C)C)[C@H]1O)[C@H]2C. The number of aliphatic hydroxyl groups excluding tert-OH is 1. The van der Waals surface area contributed by atoms with Crippen LogP contribution in [0.15, 0.2) is 36.8 Å². The highest BCUT2D eigenvalue weighted by atomic mass is 16.7. The van der Waals surface area contributed by atoms with Crippen molar-refractivity contribution in [2.75, 3.05) is 27.2 Å². The van der Waals surface area contributed by atoms with E-state index >= 15 is 0 Å². The fourth-order valence-corrected chi connectivity index (χ4v) is 9.88. The molecule has 0 aromatic carbocycles. The summed E-state index contributed by atoms with van der Waals surface area (Å²) >= 11 is 0. The van der Waals surface area contributed by atoms with Gasteiger partial charge in [0.25, 0.3) is 0 Å². The topological polar surface area (TPSA) is 231 Å². The fraction of sp³-hybridized carbons (Fsp3) is 0.705. The standard InChI is InChI=1S/C44H65N7O12/c1-11-31-44(8)37(49-42(57)63-44)25(4)34(53)23(2)19-43(7)38(61-40-35(54)30(50(9)10)17-24(3)59-40)26(5)36(27(6)39(55)60-31)58-22-29(21-46-41(56)62-43)48-33(52)18-28-13-14-32(45-20-28)51-16-12-15-47-51/h12-16,20,23-27,29-31,35-38,40,54H,11,17-19,21-22H2,1-10H3,(H,46,56)(H,48,52)(H,49,57)/t23-,24-,25+,26+,27-,29?,30+,31-,35-,36+,37+,38-,40+,43-,44-/m1/s1. The lowest BCUT2D eigenvalue weighted by Crippen LogP contribution is -2.61. The number of carbonyl (C=O) groups excluding carboxylic acids is 5. The van der Waals surface area contributed by atoms with Gasteiger partial charge in [0.15, 0.2) is 17.7 Å². The van der Waals surface area contributed by atoms with E-state index in [0.29, 0.717) is 17.8 Å². The summed E-state index contributed by atoms with van der Waals surface area (Å²) in [5, 5.41) is 24.4. The van der Waals surface area contributed by atoms with Crippen molar-refractivity contribution in [1.82, 2.24) is 35.6 Å². The second kappa shape index (κ2) is 19.6. The molecular weight excluding hydrogens is 819 g/mol. The van der Waals surface area contributed by atoms with Crippen LogP contribution in [-0.2, 0) is 49.2 Å². The molecule has 2 aromatic heterocycles. The van der Waals surface area contributed by atoms with Gasteiger partial charge in [-0.15, -0.1) is 0 Å². The van der Waals surface area contributed by atoms with Gasteiger partial charge in [-0.05, 0) is 78.7 Å². The van der Waals surface area contributed by atoms with Crippen molar-refractivity contribution < 1.29 is 57.5 Å². The highest BCUT2D eigenvalue weighted by molar-refractivity contribution is 5.85. The molecule has 4 aliphatic heterocycles. The van der Waals surface area contributed by atoms with Gasteiger partial charge in [0.2, 0.25) is 5.91 Å². The highest BCUT2D eigenvalue weighted by Crippen LogP contribution is 2.42. The number of fused-ring (bicyclic) bond motifs is 4. The van der Waals surface area contributed by atoms with Crippen LogP contribution in [0.3, 0.4) is 0 Å². The molecule has 19 nitrogen and oxygen atoms in total. The van der Waals surface area contributed by atoms with Crippen molar-refractivity contribution in [3.05, 3.63) is 42.4 Å². The number of hydrogen-bond donors (Lipinski definition) is 4. The first-order valence-electron chi connectivity index (χ1n) is 22.0. The number of rotatable bonds is 8. The maximum atomic E-state index is 14.5. The lowest BCUT2D eigenvalue weighted by atomic mass is 9.73. The van der Waals surface area contributed by atoms with Gasteiger partial charge in [-0.3, -0.25) is 14.4 Å². The van der Waals surface area contributed by atoms with E-state index in [1.807, 2.05) is 25.9 Å². The summed E-state index contributed by atoms with van der Waals surface area (Å²) in [5.41, 5.74) is -2.44. The Morgan fingerprint density at radius 1 is 1.06 bits per heavy atom. The van der Waals surface area contributed by atoms with E-state index in [1.165, 1.54) is 0 Å². The molecular formula is C44H65N7O12. The molecule has 4 N–H and O–H groups in total. The minimum absolute atomic E-state index is 0.0398. The summed E-state index contributed by atoms with van der Waals surface area (Å²) in [6, 6.07) is 3.24. The number of aromatic nitrogens is 3. The van der Waals surface area contributed by atoms with E-state index in [9.17, 15) is 29.1 Å². The Kier molecular flexibility index (Phi) is 14.9. The van der Waals surface area contributed by atoms with Crippen LogP contribution in [-0.4, -0.2) is 148 Å². The number of likely N-dealkylation sites (N-methyl/N-ethyl adjacent to an activating group) is 1. The number of ether oxygens (including phenoxy) is 6. The number of ketones is 1. The molecule has 1 unspecified atom stereocenters. The second-order valence-corrected chi connectivity index (χ2v) is 18.4. The van der Waals surface area contributed by atoms with Crippen LogP contribution in [0.5, 0.6) is 0 Å². The van der Waals surface area contributed by atoms with Crippen LogP contribution in [0.1, 0.15) is 80.2 Å². The molecule has 0 spiro atoms. The minimum Gasteiger partial charge on any atom is -0.458 e. The second-order valence-electron chi connectivity index (χ2n) is 18.4. The Morgan fingerprint density at radius 2 is 1.81 bits per heavy atom. The van der Waals surface area contributed by atoms with Crippen LogP contribution in [0.2, 0.25) is 0 Å². The van der Waals surface area contributed by atoms with Crippen molar-refractivity contribution in [3.63, 3.8) is 0 Å². The van der Waals surface area contributed by atoms with Crippen molar-refractivity contribution >= 4 is 29.8 Å². The molecule has 3 amide bonds. The van der Waals surface area contributed by atoms with E-state index in [1.54, 1.807) is 89.9 Å². The van der Waals surface area contributed by atoms with Crippen molar-refractivity contribution in [3.8, 4) is 5.82 Å². The smallest absolute Gasteiger partial charge is 0.408 e. The normalized spacial score (nSPS) is 38.2. The van der Waals surface area contributed by atoms with E-state index in [4.69, 9.17) is 28.4 Å². The molecule has 6 rings (SSSR count). The number of pyridine rings is 1. The molecule has 0 aliphatic carbocycles. The van der Waals surface area contributed by atoms with Crippen LogP contribution in [0, 0.1) is 23.7 Å². The highest BCUT2D eigenvalue weighted by Gasteiger charge is 2.58. The Bertz CT molecular complexity index is 1940. The van der Waals surface area contributed by atoms with Crippen molar-refractivity contribution in [2.45, 2.75) is 147 Å². The Labute approximate surface area is 368 Å². The Morgan fingerprint density at radius 3 is 2.46 bits per heavy atom. The van der Waals surface area contributed by atoms with E-state index in [-0.39, 0.29) is 56.3 Å². The van der Waals surface area contributed by atoms with Gasteiger partial charge in [-0.1, -0.05) is 33.8 Å². The van der Waals surface area contributed by atoms with Crippen LogP contribution in [0.25, 0.3) is 5.82 Å². The first kappa shape index (κ1) is 47.8. The quantitative estimate of drug-likeness (QED) is 0.221. The summed E-state index contributed by atoms with van der Waals surface area (Å²) < 4.78 is 39.8. The summed E-state index contributed by atoms with van der Waals surface area (Å²) in [7, 11) is 3.70. The number of hydrogen-bond acceptors (Lipinski definition) is 15. The molecule has 348 valence electrons. The summed E-state index contributed by atoms with van der Waals surface area (Å²) in [5.74, 6) is -4.25. The molecule has 0 saturated carbocycles. The van der Waals surface area contributed by atoms with Gasteiger partial charge in [0, 0.05) is 48.9 Å². The zero-order valence-corrected chi connectivity index (χ0v) is 37.9. The largest absolute Gasteiger partial charge is 0.458 e. The van der Waals surface area contributed by atoms with Gasteiger partial charge < -0.3 is 54.4 Å². The monoisotopic (exact) mass is 883 g/mol. The zero-order valence-electron chi connectivity index (χ0n) is 37.9. The molecule has 6 heterocycles. The zero-order chi connectivity index (χ0) is 46.0. The maximum absolute atomic E-state index is 14.5. The van der Waals surface area contributed by atoms with Crippen LogP contribution < -0.4 is 16.0 Å². The lowest BCUT2D eigenvalue weighted by Gasteiger charge is -2.48. The maximum Gasteiger partial charge on any atom is 0.408 e. The lowest BCUT2D eigenvalue weighted by molar-refractivity contribution is -0.299. The predicted octanol–water partition coefficient (Wildman–Crippen LogP) is 2.70. The van der Waals surface area contributed by atoms with E-state index < -0.39 is 95.8 Å². The number of carbonyl (C=O) groups is 5. The summed E-state index contributed by atoms with van der Waals surface area (Å²) in [6.45, 7) is 13.5. The number of Topliss-reactive ketones (excluding diaryl/α,β-unsaturated/α-hetero) is 1. The number of esters is 1. The third-order valence-electron chi connectivity index (χ3n) is 13.2. The molecule has 4 fully saturated rings. The summed E-state index contributed by atoms with van der Waals surface area (Å²) in [4.78, 5) is 75.8. The van der Waals surface area contributed by atoms with Crippen molar-refractivity contribution in [2.24, 2.45) is 23.7 Å². The van der Waals surface area contributed by atoms with E-state index in [0.717, 1.165) is 0 Å². The Hall–Kier alpha value is -4.69. The first-order valence-corrected chi connectivity index (χ1v) is 22.0. The average molecular weight is 884 g/mol. The van der Waals surface area contributed by atoms with Crippen LogP contribution >= 0.6 is 0 Å². The third-order valence-corrected chi connectivity index (χ3v) is 13.2. The number of cyclic esters (lactones) is 1. The van der Waals surface area contributed by atoms with E-state index in [2.05, 4.69) is 26.0 Å². The molecule has 2 aromatic rings. The Balaban J connectivity index is 1.38. The number of nitrogens with zero attached hydrogens (tertiary/aromatic N) is 4. The van der Waals surface area contributed by atoms with Gasteiger partial charge in [-0.2, -0.15) is 5.10 Å². The number of nitrogens with one attached hydrogen (secondary N) is 3. The predicted molar refractivity (Wildman–Crippen MR) is 225 cm³/mol. The first-order chi connectivity index (χ1) is 29.7. The number of amides is 3. The van der Waals surface area contributed by atoms with Gasteiger partial charge >= 0.3 is 18.2 Å². The molecule has 2 bridgehead atoms. The molecule has 0 radical (unpaired) electrons. The van der Waals surface area contributed by atoms with Crippen molar-refractivity contribution in [1.29, 1.82) is 0 Å². The molecule has 63 heavy (non-hydrogen) atoms. The minimum atomic E-state index is -1.64. The fourth-order valence-electron chi connectivity index (χ4n) is 9.88. The molecule has 15 atom stereocenters. The van der Waals surface area contributed by atoms with Crippen LogP contribution in [0.4, 0.5) is 9.59 Å². The molecule has 4 saturated heterocycles.